The van der Waals surface area contributed by atoms with E-state index in [1.54, 1.807) is 6.07 Å². The average molecular weight is 513 g/mol. The molecule has 0 unspecified atom stereocenters. The Labute approximate surface area is 211 Å². The summed E-state index contributed by atoms with van der Waals surface area (Å²) in [6.07, 6.45) is 1.22. The Morgan fingerprint density at radius 3 is 2.26 bits per heavy atom. The van der Waals surface area contributed by atoms with Crippen LogP contribution in [0.25, 0.3) is 0 Å². The quantitative estimate of drug-likeness (QED) is 0.458. The fourth-order valence-electron chi connectivity index (χ4n) is 4.35. The molecule has 3 aromatic carbocycles. The first-order chi connectivity index (χ1) is 16.9. The van der Waals surface area contributed by atoms with Gasteiger partial charge in [0, 0.05) is 13.1 Å². The predicted octanol–water partition coefficient (Wildman–Crippen LogP) is 5.05. The molecule has 184 valence electrons. The van der Waals surface area contributed by atoms with Gasteiger partial charge in [-0.2, -0.15) is 4.31 Å². The highest BCUT2D eigenvalue weighted by Crippen LogP contribution is 2.31. The van der Waals surface area contributed by atoms with Gasteiger partial charge < -0.3 is 10.1 Å². The van der Waals surface area contributed by atoms with Gasteiger partial charge >= 0.3 is 0 Å². The lowest BCUT2D eigenvalue weighted by atomic mass is 9.95. The van der Waals surface area contributed by atoms with Crippen molar-refractivity contribution in [1.82, 2.24) is 9.62 Å². The Hall–Kier alpha value is -2.87. The van der Waals surface area contributed by atoms with E-state index in [2.05, 4.69) is 5.32 Å². The number of carbonyl (C=O) groups is 1. The Bertz CT molecular complexity index is 1210. The molecule has 0 radical (unpaired) electrons. The minimum Gasteiger partial charge on any atom is -0.492 e. The van der Waals surface area contributed by atoms with Crippen molar-refractivity contribution in [3.05, 3.63) is 95.0 Å². The number of nitrogens with zero attached hydrogens (tertiary/aromatic N) is 1. The maximum Gasteiger partial charge on any atom is 0.243 e. The van der Waals surface area contributed by atoms with Crippen molar-refractivity contribution >= 4 is 27.5 Å². The number of rotatable bonds is 8. The maximum absolute atomic E-state index is 13.4. The van der Waals surface area contributed by atoms with Gasteiger partial charge in [0.2, 0.25) is 15.9 Å². The number of hydrogen-bond donors (Lipinski definition) is 1. The number of hydrogen-bond acceptors (Lipinski definition) is 4. The molecule has 0 aliphatic carbocycles. The number of benzene rings is 3. The lowest BCUT2D eigenvalue weighted by Gasteiger charge is -2.32. The molecule has 0 saturated carbocycles. The highest BCUT2D eigenvalue weighted by molar-refractivity contribution is 7.89. The SMILES string of the molecule is CCOc1ccc(S(=O)(=O)N2CCC[C@@H](C(=O)NC(c3ccccc3)c3ccccc3)C2)cc1Cl. The second kappa shape index (κ2) is 11.2. The predicted molar refractivity (Wildman–Crippen MR) is 137 cm³/mol. The van der Waals surface area contributed by atoms with Crippen molar-refractivity contribution in [2.75, 3.05) is 19.7 Å². The van der Waals surface area contributed by atoms with Gasteiger partial charge in [-0.1, -0.05) is 72.3 Å². The number of halogens is 1. The number of piperidine rings is 1. The van der Waals surface area contributed by atoms with Crippen LogP contribution in [0, 0.1) is 5.92 Å². The summed E-state index contributed by atoms with van der Waals surface area (Å²) in [6.45, 7) is 2.74. The van der Waals surface area contributed by atoms with Gasteiger partial charge in [-0.3, -0.25) is 4.79 Å². The second-order valence-electron chi connectivity index (χ2n) is 8.49. The minimum atomic E-state index is -3.80. The third-order valence-corrected chi connectivity index (χ3v) is 8.30. The molecule has 0 spiro atoms. The molecule has 35 heavy (non-hydrogen) atoms. The molecule has 0 aromatic heterocycles. The molecule has 3 aromatic rings. The Balaban J connectivity index is 1.52. The van der Waals surface area contributed by atoms with E-state index in [9.17, 15) is 13.2 Å². The zero-order valence-electron chi connectivity index (χ0n) is 19.6. The summed E-state index contributed by atoms with van der Waals surface area (Å²) < 4.78 is 33.5. The van der Waals surface area contributed by atoms with Crippen LogP contribution in [0.2, 0.25) is 5.02 Å². The summed E-state index contributed by atoms with van der Waals surface area (Å²) in [6, 6.07) is 23.7. The Kier molecular flexibility index (Phi) is 8.11. The van der Waals surface area contributed by atoms with Crippen molar-refractivity contribution in [3.8, 4) is 5.75 Å². The van der Waals surface area contributed by atoms with Crippen molar-refractivity contribution in [3.63, 3.8) is 0 Å². The van der Waals surface area contributed by atoms with E-state index in [4.69, 9.17) is 16.3 Å². The van der Waals surface area contributed by atoms with E-state index in [1.807, 2.05) is 67.6 Å². The number of carbonyl (C=O) groups excluding carboxylic acids is 1. The van der Waals surface area contributed by atoms with Crippen LogP contribution in [-0.2, 0) is 14.8 Å². The van der Waals surface area contributed by atoms with Crippen LogP contribution >= 0.6 is 11.6 Å². The molecule has 1 aliphatic rings. The highest BCUT2D eigenvalue weighted by atomic mass is 35.5. The molecule has 1 amide bonds. The third-order valence-electron chi connectivity index (χ3n) is 6.15. The van der Waals surface area contributed by atoms with Gasteiger partial charge in [0.05, 0.1) is 28.5 Å². The Morgan fingerprint density at radius 2 is 1.69 bits per heavy atom. The summed E-state index contributed by atoms with van der Waals surface area (Å²) in [4.78, 5) is 13.5. The van der Waals surface area contributed by atoms with E-state index in [0.29, 0.717) is 31.7 Å². The number of sulfonamides is 1. The molecule has 1 atom stereocenters. The van der Waals surface area contributed by atoms with Gasteiger partial charge in [0.1, 0.15) is 5.75 Å². The van der Waals surface area contributed by atoms with E-state index in [-0.39, 0.29) is 28.4 Å². The highest BCUT2D eigenvalue weighted by Gasteiger charge is 2.34. The van der Waals surface area contributed by atoms with Crippen LogP contribution in [0.4, 0.5) is 0 Å². The van der Waals surface area contributed by atoms with E-state index < -0.39 is 15.9 Å². The van der Waals surface area contributed by atoms with Crippen LogP contribution in [0.5, 0.6) is 5.75 Å². The number of amides is 1. The van der Waals surface area contributed by atoms with Crippen LogP contribution in [0.15, 0.2) is 83.8 Å². The topological polar surface area (TPSA) is 75.7 Å². The molecule has 6 nitrogen and oxygen atoms in total. The largest absolute Gasteiger partial charge is 0.492 e. The van der Waals surface area contributed by atoms with Crippen molar-refractivity contribution in [2.45, 2.75) is 30.7 Å². The molecule has 8 heteroatoms. The maximum atomic E-state index is 13.4. The molecular weight excluding hydrogens is 484 g/mol. The zero-order valence-corrected chi connectivity index (χ0v) is 21.1. The lowest BCUT2D eigenvalue weighted by molar-refractivity contribution is -0.126. The Morgan fingerprint density at radius 1 is 1.06 bits per heavy atom. The van der Waals surface area contributed by atoms with Gasteiger partial charge in [0.25, 0.3) is 0 Å². The zero-order chi connectivity index (χ0) is 24.8. The first kappa shape index (κ1) is 25.2. The van der Waals surface area contributed by atoms with Crippen molar-refractivity contribution in [1.29, 1.82) is 0 Å². The fraction of sp³-hybridized carbons (Fsp3) is 0.296. The first-order valence-corrected chi connectivity index (χ1v) is 13.5. The molecule has 1 aliphatic heterocycles. The molecule has 0 bridgehead atoms. The second-order valence-corrected chi connectivity index (χ2v) is 10.8. The third kappa shape index (κ3) is 5.86. The monoisotopic (exact) mass is 512 g/mol. The van der Waals surface area contributed by atoms with Crippen LogP contribution in [0.3, 0.4) is 0 Å². The fourth-order valence-corrected chi connectivity index (χ4v) is 6.20. The van der Waals surface area contributed by atoms with Gasteiger partial charge in [0.15, 0.2) is 0 Å². The summed E-state index contributed by atoms with van der Waals surface area (Å²) >= 11 is 6.23. The lowest BCUT2D eigenvalue weighted by Crippen LogP contribution is -2.46. The molecule has 1 saturated heterocycles. The average Bonchev–Trinajstić information content (AvgIpc) is 2.89. The van der Waals surface area contributed by atoms with Gasteiger partial charge in [-0.25, -0.2) is 8.42 Å². The number of ether oxygens (including phenoxy) is 1. The number of nitrogens with one attached hydrogen (secondary N) is 1. The molecule has 4 rings (SSSR count). The van der Waals surface area contributed by atoms with Crippen molar-refractivity contribution < 1.29 is 17.9 Å². The van der Waals surface area contributed by atoms with Crippen LogP contribution in [-0.4, -0.2) is 38.3 Å². The summed E-state index contributed by atoms with van der Waals surface area (Å²) in [5.41, 5.74) is 1.94. The minimum absolute atomic E-state index is 0.0958. The molecular formula is C27H29ClN2O4S. The van der Waals surface area contributed by atoms with E-state index in [0.717, 1.165) is 11.1 Å². The normalized spacial score (nSPS) is 16.7. The molecule has 1 fully saturated rings. The van der Waals surface area contributed by atoms with E-state index in [1.165, 1.54) is 16.4 Å². The van der Waals surface area contributed by atoms with Crippen molar-refractivity contribution in [2.24, 2.45) is 5.92 Å². The summed E-state index contributed by atoms with van der Waals surface area (Å²) in [5, 5.41) is 3.41. The summed E-state index contributed by atoms with van der Waals surface area (Å²) in [5.74, 6) is -0.171. The van der Waals surface area contributed by atoms with Gasteiger partial charge in [-0.05, 0) is 49.1 Å². The summed E-state index contributed by atoms with van der Waals surface area (Å²) in [7, 11) is -3.80. The molecule has 1 heterocycles. The van der Waals surface area contributed by atoms with E-state index >= 15 is 0 Å². The smallest absolute Gasteiger partial charge is 0.243 e. The van der Waals surface area contributed by atoms with Crippen LogP contribution < -0.4 is 10.1 Å². The first-order valence-electron chi connectivity index (χ1n) is 11.7. The molecule has 1 N–H and O–H groups in total. The standard InChI is InChI=1S/C27H29ClN2O4S/c1-2-34-25-16-15-23(18-24(25)28)35(32,33)30-17-9-14-22(19-30)27(31)29-26(20-10-5-3-6-11-20)21-12-7-4-8-13-21/h3-8,10-13,15-16,18,22,26H,2,9,14,17,19H2,1H3,(H,29,31)/t22-/m1/s1. The van der Waals surface area contributed by atoms with Crippen LogP contribution in [0.1, 0.15) is 36.9 Å². The van der Waals surface area contributed by atoms with Gasteiger partial charge in [-0.15, -0.1) is 0 Å².